The summed E-state index contributed by atoms with van der Waals surface area (Å²) in [4.78, 5) is 11.6. The Bertz CT molecular complexity index is 291. The zero-order valence-electron chi connectivity index (χ0n) is 14.9. The van der Waals surface area contributed by atoms with Gasteiger partial charge < -0.3 is 23.3 Å². The summed E-state index contributed by atoms with van der Waals surface area (Å²) in [6.45, 7) is 8.07. The number of hydrogen-bond acceptors (Lipinski definition) is 6. The highest BCUT2D eigenvalue weighted by Crippen LogP contribution is 2.14. The van der Waals surface area contributed by atoms with Gasteiger partial charge in [-0.25, -0.2) is 0 Å². The number of esters is 1. The second-order valence-electron chi connectivity index (χ2n) is 5.65. The number of carbonyl (C=O) groups is 1. The molecule has 0 aromatic heterocycles. The fraction of sp³-hybridized carbons (Fsp3) is 0.933. The summed E-state index contributed by atoms with van der Waals surface area (Å²) in [6, 6.07) is 0.779. The predicted molar refractivity (Wildman–Crippen MR) is 88.7 cm³/mol. The van der Waals surface area contributed by atoms with Crippen LogP contribution in [-0.4, -0.2) is 55.8 Å². The van der Waals surface area contributed by atoms with Crippen LogP contribution in [0.2, 0.25) is 6.04 Å². The maximum absolute atomic E-state index is 11.6. The van der Waals surface area contributed by atoms with Gasteiger partial charge in [0.1, 0.15) is 0 Å². The molecule has 0 saturated heterocycles. The van der Waals surface area contributed by atoms with Crippen LogP contribution in [0.3, 0.4) is 0 Å². The Morgan fingerprint density at radius 2 is 1.73 bits per heavy atom. The molecule has 0 radical (unpaired) electrons. The van der Waals surface area contributed by atoms with Crippen LogP contribution in [0.15, 0.2) is 0 Å². The van der Waals surface area contributed by atoms with Crippen molar-refractivity contribution in [1.82, 2.24) is 5.32 Å². The molecule has 0 rings (SSSR count). The lowest BCUT2D eigenvalue weighted by molar-refractivity contribution is -0.149. The van der Waals surface area contributed by atoms with Crippen LogP contribution in [0.4, 0.5) is 0 Å². The van der Waals surface area contributed by atoms with E-state index < -0.39 is 8.80 Å². The smallest absolute Gasteiger partial charge is 0.465 e. The van der Waals surface area contributed by atoms with Crippen LogP contribution >= 0.6 is 0 Å². The Balaban J connectivity index is 3.77. The number of carbonyl (C=O) groups excluding carboxylic acids is 1. The minimum Gasteiger partial charge on any atom is -0.465 e. The van der Waals surface area contributed by atoms with Crippen LogP contribution < -0.4 is 5.32 Å². The van der Waals surface area contributed by atoms with Crippen molar-refractivity contribution in [3.05, 3.63) is 0 Å². The summed E-state index contributed by atoms with van der Waals surface area (Å²) in [5.41, 5.74) is 0. The molecule has 2 atom stereocenters. The van der Waals surface area contributed by atoms with E-state index in [-0.39, 0.29) is 11.9 Å². The Hall–Kier alpha value is -0.473. The van der Waals surface area contributed by atoms with Crippen LogP contribution in [-0.2, 0) is 22.8 Å². The molecule has 22 heavy (non-hydrogen) atoms. The number of ether oxygens (including phenoxy) is 1. The summed E-state index contributed by atoms with van der Waals surface area (Å²) in [7, 11) is 2.43. The SMILES string of the molecule is CCC(C)C(=O)OCC(C)CNCCC[Si](OC)(OC)OC. The minimum atomic E-state index is -2.45. The Kier molecular flexibility index (Phi) is 11.8. The second-order valence-corrected chi connectivity index (χ2v) is 8.74. The average Bonchev–Trinajstić information content (AvgIpc) is 2.55. The zero-order chi connectivity index (χ0) is 17.0. The van der Waals surface area contributed by atoms with Gasteiger partial charge in [0.25, 0.3) is 0 Å². The van der Waals surface area contributed by atoms with Crippen molar-refractivity contribution in [3.8, 4) is 0 Å². The summed E-state index contributed by atoms with van der Waals surface area (Å²) in [6.07, 6.45) is 1.73. The molecule has 1 N–H and O–H groups in total. The molecular formula is C15H33NO5Si. The van der Waals surface area contributed by atoms with Gasteiger partial charge in [-0.15, -0.1) is 0 Å². The van der Waals surface area contributed by atoms with Crippen LogP contribution in [0.1, 0.15) is 33.6 Å². The lowest BCUT2D eigenvalue weighted by Gasteiger charge is -2.24. The predicted octanol–water partition coefficient (Wildman–Crippen LogP) is 2.07. The van der Waals surface area contributed by atoms with E-state index >= 15 is 0 Å². The molecule has 0 aromatic carbocycles. The van der Waals surface area contributed by atoms with Gasteiger partial charge in [-0.3, -0.25) is 4.79 Å². The molecule has 132 valence electrons. The van der Waals surface area contributed by atoms with Gasteiger partial charge in [0.15, 0.2) is 0 Å². The topological polar surface area (TPSA) is 66.0 Å². The lowest BCUT2D eigenvalue weighted by Crippen LogP contribution is -2.43. The normalized spacial score (nSPS) is 14.6. The van der Waals surface area contributed by atoms with Gasteiger partial charge in [0.2, 0.25) is 0 Å². The molecule has 0 spiro atoms. The zero-order valence-corrected chi connectivity index (χ0v) is 15.9. The van der Waals surface area contributed by atoms with Crippen molar-refractivity contribution in [2.75, 3.05) is 41.0 Å². The van der Waals surface area contributed by atoms with Crippen molar-refractivity contribution < 1.29 is 22.8 Å². The van der Waals surface area contributed by atoms with E-state index in [9.17, 15) is 4.79 Å². The highest BCUT2D eigenvalue weighted by Gasteiger charge is 2.36. The minimum absolute atomic E-state index is 0.0182. The Morgan fingerprint density at radius 1 is 1.14 bits per heavy atom. The highest BCUT2D eigenvalue weighted by molar-refractivity contribution is 6.60. The fourth-order valence-electron chi connectivity index (χ4n) is 1.93. The molecule has 0 bridgehead atoms. The number of hydrogen-bond donors (Lipinski definition) is 1. The van der Waals surface area contributed by atoms with E-state index in [0.717, 1.165) is 32.0 Å². The third-order valence-electron chi connectivity index (χ3n) is 3.79. The molecule has 0 amide bonds. The van der Waals surface area contributed by atoms with Gasteiger partial charge in [-0.1, -0.05) is 20.8 Å². The van der Waals surface area contributed by atoms with Gasteiger partial charge in [-0.2, -0.15) is 0 Å². The molecule has 0 aliphatic rings. The molecular weight excluding hydrogens is 302 g/mol. The van der Waals surface area contributed by atoms with E-state index in [1.54, 1.807) is 21.3 Å². The van der Waals surface area contributed by atoms with Crippen molar-refractivity contribution in [2.24, 2.45) is 11.8 Å². The van der Waals surface area contributed by atoms with Gasteiger partial charge in [0, 0.05) is 39.8 Å². The average molecular weight is 336 g/mol. The fourth-order valence-corrected chi connectivity index (χ4v) is 3.65. The van der Waals surface area contributed by atoms with E-state index in [1.165, 1.54) is 0 Å². The summed E-state index contributed by atoms with van der Waals surface area (Å²) < 4.78 is 21.4. The molecule has 0 aliphatic heterocycles. The molecule has 0 saturated carbocycles. The Labute approximate surface area is 136 Å². The highest BCUT2D eigenvalue weighted by atomic mass is 28.4. The van der Waals surface area contributed by atoms with Gasteiger partial charge >= 0.3 is 14.8 Å². The molecule has 0 fully saturated rings. The first-order chi connectivity index (χ1) is 10.4. The summed E-state index contributed by atoms with van der Waals surface area (Å²) in [5, 5.41) is 3.36. The van der Waals surface area contributed by atoms with Crippen molar-refractivity contribution in [1.29, 1.82) is 0 Å². The van der Waals surface area contributed by atoms with E-state index in [0.29, 0.717) is 12.5 Å². The van der Waals surface area contributed by atoms with Crippen molar-refractivity contribution >= 4 is 14.8 Å². The summed E-state index contributed by atoms with van der Waals surface area (Å²) >= 11 is 0. The molecule has 6 nitrogen and oxygen atoms in total. The van der Waals surface area contributed by atoms with Crippen molar-refractivity contribution in [3.63, 3.8) is 0 Å². The number of nitrogens with one attached hydrogen (secondary N) is 1. The third-order valence-corrected chi connectivity index (χ3v) is 6.62. The van der Waals surface area contributed by atoms with Gasteiger partial charge in [0.05, 0.1) is 12.5 Å². The standard InChI is InChI=1S/C15H33NO5Si/c1-7-14(3)15(17)21-12-13(2)11-16-9-8-10-22(18-4,19-5)20-6/h13-14,16H,7-12H2,1-6H3. The maximum Gasteiger partial charge on any atom is 0.500 e. The molecule has 0 heterocycles. The van der Waals surface area contributed by atoms with E-state index in [1.807, 2.05) is 13.8 Å². The largest absolute Gasteiger partial charge is 0.500 e. The maximum atomic E-state index is 11.6. The molecule has 0 aromatic rings. The van der Waals surface area contributed by atoms with Crippen LogP contribution in [0.5, 0.6) is 0 Å². The quantitative estimate of drug-likeness (QED) is 0.316. The first-order valence-electron chi connectivity index (χ1n) is 7.97. The Morgan fingerprint density at radius 3 is 2.23 bits per heavy atom. The first-order valence-corrected chi connectivity index (χ1v) is 9.90. The van der Waals surface area contributed by atoms with Crippen LogP contribution in [0, 0.1) is 11.8 Å². The first kappa shape index (κ1) is 21.5. The second kappa shape index (κ2) is 12.0. The van der Waals surface area contributed by atoms with Gasteiger partial charge in [-0.05, 0) is 19.4 Å². The summed E-state index contributed by atoms with van der Waals surface area (Å²) in [5.74, 6) is 0.170. The lowest BCUT2D eigenvalue weighted by atomic mass is 10.1. The third kappa shape index (κ3) is 8.24. The number of rotatable bonds is 13. The van der Waals surface area contributed by atoms with E-state index in [2.05, 4.69) is 12.2 Å². The van der Waals surface area contributed by atoms with Crippen LogP contribution in [0.25, 0.3) is 0 Å². The molecule has 0 aliphatic carbocycles. The molecule has 2 unspecified atom stereocenters. The van der Waals surface area contributed by atoms with Crippen molar-refractivity contribution in [2.45, 2.75) is 39.7 Å². The van der Waals surface area contributed by atoms with E-state index in [4.69, 9.17) is 18.0 Å². The monoisotopic (exact) mass is 335 g/mol. The molecule has 7 heteroatoms.